The highest BCUT2D eigenvalue weighted by atomic mass is 127. The van der Waals surface area contributed by atoms with Crippen molar-refractivity contribution in [1.82, 2.24) is 9.97 Å². The Morgan fingerprint density at radius 3 is 2.81 bits per heavy atom. The van der Waals surface area contributed by atoms with Crippen LogP contribution in [0.15, 0.2) is 42.0 Å². The summed E-state index contributed by atoms with van der Waals surface area (Å²) in [6.45, 7) is 0. The number of carbonyl (C=O) groups is 1. The molecule has 2 N–H and O–H groups in total. The number of nitrogens with zero attached hydrogens (tertiary/aromatic N) is 2. The maximum Gasteiger partial charge on any atom is 0.256 e. The van der Waals surface area contributed by atoms with Crippen LogP contribution in [-0.4, -0.2) is 43.8 Å². The van der Waals surface area contributed by atoms with Crippen molar-refractivity contribution in [2.45, 2.75) is 24.5 Å². The first kappa shape index (κ1) is 18.7. The first-order chi connectivity index (χ1) is 13.1. The molecule has 1 aromatic carbocycles. The van der Waals surface area contributed by atoms with Crippen LogP contribution in [0.1, 0.15) is 22.0 Å². The summed E-state index contributed by atoms with van der Waals surface area (Å²) in [5, 5.41) is 14.5. The number of aliphatic hydroxyl groups excluding tert-OH is 1. The summed E-state index contributed by atoms with van der Waals surface area (Å²) in [6.07, 6.45) is -2.81. The van der Waals surface area contributed by atoms with Gasteiger partial charge >= 0.3 is 0 Å². The minimum absolute atomic E-state index is 0.286. The third-order valence-corrected chi connectivity index (χ3v) is 6.29. The molecule has 1 aliphatic rings. The first-order valence-electron chi connectivity index (χ1n) is 8.22. The number of thiophene rings is 1. The van der Waals surface area contributed by atoms with E-state index in [-0.39, 0.29) is 5.91 Å². The van der Waals surface area contributed by atoms with Crippen molar-refractivity contribution in [2.24, 2.45) is 0 Å². The summed E-state index contributed by atoms with van der Waals surface area (Å²) in [5.41, 5.74) is 1.59. The number of alkyl halides is 2. The zero-order valence-electron chi connectivity index (χ0n) is 13.9. The van der Waals surface area contributed by atoms with Gasteiger partial charge in [-0.2, -0.15) is 0 Å². The Kier molecular flexibility index (Phi) is 5.35. The SMILES string of the molecule is O=C(Nc1ncnc2c([C@@H]3O[C@H](CI)[C@@H](O)[C@H]3F)csc12)c1ccccc1. The Morgan fingerprint density at radius 2 is 2.11 bits per heavy atom. The molecule has 1 amide bonds. The highest BCUT2D eigenvalue weighted by Crippen LogP contribution is 2.42. The van der Waals surface area contributed by atoms with Gasteiger partial charge in [0.25, 0.3) is 5.91 Å². The highest BCUT2D eigenvalue weighted by Gasteiger charge is 2.45. The van der Waals surface area contributed by atoms with Gasteiger partial charge in [0.05, 0.1) is 16.3 Å². The van der Waals surface area contributed by atoms with Crippen molar-refractivity contribution in [1.29, 1.82) is 0 Å². The fourth-order valence-corrected chi connectivity index (χ4v) is 4.75. The molecule has 0 radical (unpaired) electrons. The van der Waals surface area contributed by atoms with Crippen LogP contribution in [0, 0.1) is 0 Å². The van der Waals surface area contributed by atoms with Crippen LogP contribution in [0.2, 0.25) is 0 Å². The quantitative estimate of drug-likeness (QED) is 0.424. The van der Waals surface area contributed by atoms with Gasteiger partial charge in [-0.1, -0.05) is 40.8 Å². The van der Waals surface area contributed by atoms with Crippen molar-refractivity contribution >= 4 is 55.9 Å². The lowest BCUT2D eigenvalue weighted by atomic mass is 10.0. The number of aromatic nitrogens is 2. The fourth-order valence-electron chi connectivity index (χ4n) is 3.03. The number of rotatable bonds is 4. The van der Waals surface area contributed by atoms with Gasteiger partial charge in [0.1, 0.15) is 18.5 Å². The van der Waals surface area contributed by atoms with Gasteiger partial charge in [0.2, 0.25) is 0 Å². The number of hydrogen-bond acceptors (Lipinski definition) is 6. The van der Waals surface area contributed by atoms with Gasteiger partial charge in [0.15, 0.2) is 12.0 Å². The monoisotopic (exact) mass is 499 g/mol. The van der Waals surface area contributed by atoms with E-state index in [0.717, 1.165) is 0 Å². The van der Waals surface area contributed by atoms with Gasteiger partial charge in [-0.25, -0.2) is 14.4 Å². The molecule has 1 saturated heterocycles. The maximum atomic E-state index is 14.6. The Hall–Kier alpha value is -1.69. The van der Waals surface area contributed by atoms with Crippen LogP contribution in [0.4, 0.5) is 10.2 Å². The molecule has 0 spiro atoms. The van der Waals surface area contributed by atoms with Crippen LogP contribution in [0.3, 0.4) is 0 Å². The predicted molar refractivity (Wildman–Crippen MR) is 109 cm³/mol. The molecule has 0 saturated carbocycles. The summed E-state index contributed by atoms with van der Waals surface area (Å²) in [4.78, 5) is 20.8. The van der Waals surface area contributed by atoms with E-state index in [9.17, 15) is 14.3 Å². The number of benzene rings is 1. The molecule has 0 aliphatic carbocycles. The molecule has 3 aromatic rings. The summed E-state index contributed by atoms with van der Waals surface area (Å²) < 4.78 is 21.4. The molecule has 27 heavy (non-hydrogen) atoms. The molecule has 1 aliphatic heterocycles. The van der Waals surface area contributed by atoms with Crippen LogP contribution < -0.4 is 5.32 Å². The molecule has 6 nitrogen and oxygen atoms in total. The number of aliphatic hydroxyl groups is 1. The van der Waals surface area contributed by atoms with Crippen LogP contribution in [0.5, 0.6) is 0 Å². The van der Waals surface area contributed by atoms with Crippen molar-refractivity contribution in [2.75, 3.05) is 9.74 Å². The zero-order valence-corrected chi connectivity index (χ0v) is 16.9. The van der Waals surface area contributed by atoms with E-state index in [1.54, 1.807) is 29.6 Å². The van der Waals surface area contributed by atoms with E-state index in [1.165, 1.54) is 17.7 Å². The van der Waals surface area contributed by atoms with Crippen LogP contribution in [-0.2, 0) is 4.74 Å². The van der Waals surface area contributed by atoms with Crippen molar-refractivity contribution < 1.29 is 19.0 Å². The Morgan fingerprint density at radius 1 is 1.33 bits per heavy atom. The van der Waals surface area contributed by atoms with Crippen molar-refractivity contribution in [3.05, 3.63) is 53.2 Å². The number of halogens is 2. The number of nitrogens with one attached hydrogen (secondary N) is 1. The molecule has 9 heteroatoms. The average Bonchev–Trinajstić information content (AvgIpc) is 3.25. The average molecular weight is 499 g/mol. The van der Waals surface area contributed by atoms with Gasteiger partial charge in [-0.3, -0.25) is 4.79 Å². The Balaban J connectivity index is 1.65. The van der Waals surface area contributed by atoms with Gasteiger partial charge in [-0.05, 0) is 17.5 Å². The molecular weight excluding hydrogens is 484 g/mol. The topological polar surface area (TPSA) is 84.3 Å². The predicted octanol–water partition coefficient (Wildman–Crippen LogP) is 3.52. The Labute approximate surface area is 171 Å². The van der Waals surface area contributed by atoms with Crippen LogP contribution >= 0.6 is 33.9 Å². The number of anilines is 1. The lowest BCUT2D eigenvalue weighted by Crippen LogP contribution is -2.28. The molecule has 140 valence electrons. The number of amides is 1. The summed E-state index contributed by atoms with van der Waals surface area (Å²) in [5.74, 6) is 0.0796. The largest absolute Gasteiger partial charge is 0.387 e. The van der Waals surface area contributed by atoms with Crippen molar-refractivity contribution in [3.8, 4) is 0 Å². The van der Waals surface area contributed by atoms with Gasteiger partial charge in [-0.15, -0.1) is 11.3 Å². The van der Waals surface area contributed by atoms with Crippen LogP contribution in [0.25, 0.3) is 10.2 Å². The second kappa shape index (κ2) is 7.74. The van der Waals surface area contributed by atoms with Gasteiger partial charge in [0, 0.05) is 15.6 Å². The van der Waals surface area contributed by atoms with E-state index in [2.05, 4.69) is 37.9 Å². The summed E-state index contributed by atoms with van der Waals surface area (Å²) in [7, 11) is 0. The van der Waals surface area contributed by atoms with E-state index in [1.807, 2.05) is 6.07 Å². The smallest absolute Gasteiger partial charge is 0.256 e. The second-order valence-electron chi connectivity index (χ2n) is 6.10. The molecule has 1 fully saturated rings. The fraction of sp³-hybridized carbons (Fsp3) is 0.278. The van der Waals surface area contributed by atoms with E-state index >= 15 is 0 Å². The lowest BCUT2D eigenvalue weighted by Gasteiger charge is -2.12. The minimum atomic E-state index is -1.53. The standard InChI is InChI=1S/C18H15FIN3O3S/c19-12-14(24)11(6-20)26-15(12)10-7-27-16-13(10)21-8-22-17(16)23-18(25)9-4-2-1-3-5-9/h1-5,7-8,11-12,14-15,24H,6H2,(H,21,22,23,25)/t11-,12-,14-,15+/m1/s1. The molecule has 4 rings (SSSR count). The normalized spacial score (nSPS) is 25.0. The molecule has 4 atom stereocenters. The third kappa shape index (κ3) is 3.44. The maximum absolute atomic E-state index is 14.6. The number of fused-ring (bicyclic) bond motifs is 1. The molecule has 3 heterocycles. The number of ether oxygens (including phenoxy) is 1. The summed E-state index contributed by atoms with van der Waals surface area (Å²) >= 11 is 3.37. The Bertz CT molecular complexity index is 971. The van der Waals surface area contributed by atoms with E-state index in [4.69, 9.17) is 4.74 Å². The van der Waals surface area contributed by atoms with Crippen molar-refractivity contribution in [3.63, 3.8) is 0 Å². The minimum Gasteiger partial charge on any atom is -0.387 e. The highest BCUT2D eigenvalue weighted by molar-refractivity contribution is 14.1. The molecule has 0 unspecified atom stereocenters. The molecule has 0 bridgehead atoms. The molecule has 2 aromatic heterocycles. The van der Waals surface area contributed by atoms with Gasteiger partial charge < -0.3 is 15.2 Å². The number of carbonyl (C=O) groups excluding carboxylic acids is 1. The summed E-state index contributed by atoms with van der Waals surface area (Å²) in [6, 6.07) is 8.80. The molecular formula is C18H15FIN3O3S. The van der Waals surface area contributed by atoms with E-state index in [0.29, 0.717) is 31.6 Å². The first-order valence-corrected chi connectivity index (χ1v) is 10.6. The lowest BCUT2D eigenvalue weighted by molar-refractivity contribution is 0.0263. The number of hydrogen-bond donors (Lipinski definition) is 2. The van der Waals surface area contributed by atoms with E-state index < -0.39 is 24.5 Å². The zero-order chi connectivity index (χ0) is 19.0. The second-order valence-corrected chi connectivity index (χ2v) is 7.86. The third-order valence-electron chi connectivity index (χ3n) is 4.43.